The van der Waals surface area contributed by atoms with Crippen LogP contribution in [0.2, 0.25) is 5.02 Å². The summed E-state index contributed by atoms with van der Waals surface area (Å²) in [5.74, 6) is -2.20. The monoisotopic (exact) mass is 517 g/mol. The van der Waals surface area contributed by atoms with Crippen LogP contribution in [-0.2, 0) is 9.53 Å². The van der Waals surface area contributed by atoms with Gasteiger partial charge in [0.2, 0.25) is 5.91 Å². The Kier molecular flexibility index (Phi) is 5.90. The Morgan fingerprint density at radius 3 is 2.76 bits per heavy atom. The number of amides is 1. The Hall–Kier alpha value is -4.15. The molecule has 1 saturated heterocycles. The van der Waals surface area contributed by atoms with E-state index in [1.807, 2.05) is 18.2 Å². The zero-order valence-electron chi connectivity index (χ0n) is 19.5. The number of nitrogens with two attached hydrogens (primary N) is 1. The van der Waals surface area contributed by atoms with E-state index in [-0.39, 0.29) is 10.6 Å². The van der Waals surface area contributed by atoms with E-state index in [1.165, 1.54) is 24.8 Å². The molecule has 1 unspecified atom stereocenters. The van der Waals surface area contributed by atoms with Crippen molar-refractivity contribution in [2.24, 2.45) is 5.73 Å². The van der Waals surface area contributed by atoms with Gasteiger partial charge in [0.1, 0.15) is 24.4 Å². The molecule has 3 aromatic heterocycles. The van der Waals surface area contributed by atoms with Gasteiger partial charge in [-0.1, -0.05) is 17.7 Å². The molecule has 0 saturated carbocycles. The average molecular weight is 518 g/mol. The zero-order chi connectivity index (χ0) is 25.5. The normalized spacial score (nSPS) is 14.8. The average Bonchev–Trinajstić information content (AvgIpc) is 3.40. The van der Waals surface area contributed by atoms with E-state index in [9.17, 15) is 4.79 Å². The van der Waals surface area contributed by atoms with Crippen LogP contribution in [0.5, 0.6) is 0 Å². The van der Waals surface area contributed by atoms with Gasteiger partial charge in [-0.25, -0.2) is 14.4 Å². The van der Waals surface area contributed by atoms with Crippen LogP contribution >= 0.6 is 11.6 Å². The first-order valence-electron chi connectivity index (χ1n) is 11.7. The molecule has 0 aliphatic carbocycles. The Bertz CT molecular complexity index is 1650. The summed E-state index contributed by atoms with van der Waals surface area (Å²) in [6.07, 6.45) is 2.89. The Morgan fingerprint density at radius 2 is 1.95 bits per heavy atom. The van der Waals surface area contributed by atoms with Crippen LogP contribution in [0.3, 0.4) is 0 Å². The third-order valence-electron chi connectivity index (χ3n) is 6.59. The second-order valence-corrected chi connectivity index (χ2v) is 9.13. The SMILES string of the molecule is NC(=O)C(c1cc(-c2ncnc3cc(N4CCOCC4)ccc23)c(F)cc1Cl)c1cccc2nncn12. The first-order chi connectivity index (χ1) is 18.0. The maximum absolute atomic E-state index is 15.4. The predicted molar refractivity (Wildman–Crippen MR) is 137 cm³/mol. The van der Waals surface area contributed by atoms with Crippen LogP contribution in [0.1, 0.15) is 17.2 Å². The van der Waals surface area contributed by atoms with Crippen LogP contribution < -0.4 is 10.6 Å². The summed E-state index contributed by atoms with van der Waals surface area (Å²) >= 11 is 6.49. The van der Waals surface area contributed by atoms with Crippen LogP contribution in [0.25, 0.3) is 27.8 Å². The summed E-state index contributed by atoms with van der Waals surface area (Å²) in [6.45, 7) is 2.89. The van der Waals surface area contributed by atoms with Gasteiger partial charge in [-0.05, 0) is 48.0 Å². The summed E-state index contributed by atoms with van der Waals surface area (Å²) in [5.41, 5.74) is 9.51. The summed E-state index contributed by atoms with van der Waals surface area (Å²) in [4.78, 5) is 23.8. The van der Waals surface area contributed by atoms with Crippen molar-refractivity contribution >= 4 is 39.7 Å². The zero-order valence-corrected chi connectivity index (χ0v) is 20.3. The van der Waals surface area contributed by atoms with Gasteiger partial charge in [0.15, 0.2) is 5.65 Å². The fourth-order valence-electron chi connectivity index (χ4n) is 4.81. The van der Waals surface area contributed by atoms with E-state index < -0.39 is 17.6 Å². The minimum atomic E-state index is -0.979. The first-order valence-corrected chi connectivity index (χ1v) is 12.0. The largest absolute Gasteiger partial charge is 0.378 e. The Morgan fingerprint density at radius 1 is 1.11 bits per heavy atom. The summed E-state index contributed by atoms with van der Waals surface area (Å²) < 4.78 is 22.5. The number of carbonyl (C=O) groups excluding carboxylic acids is 1. The van der Waals surface area contributed by atoms with Crippen LogP contribution in [0, 0.1) is 5.82 Å². The second kappa shape index (κ2) is 9.38. The van der Waals surface area contributed by atoms with Gasteiger partial charge in [-0.15, -0.1) is 10.2 Å². The predicted octanol–water partition coefficient (Wildman–Crippen LogP) is 3.59. The molecule has 1 aliphatic heterocycles. The highest BCUT2D eigenvalue weighted by Gasteiger charge is 2.28. The van der Waals surface area contributed by atoms with Gasteiger partial charge < -0.3 is 15.4 Å². The van der Waals surface area contributed by atoms with Gasteiger partial charge in [0.05, 0.1) is 24.4 Å². The molecule has 1 fully saturated rings. The number of pyridine rings is 1. The smallest absolute Gasteiger partial charge is 0.231 e. The first kappa shape index (κ1) is 23.3. The van der Waals surface area contributed by atoms with Crippen molar-refractivity contribution in [1.82, 2.24) is 24.6 Å². The highest BCUT2D eigenvalue weighted by atomic mass is 35.5. The van der Waals surface area contributed by atoms with Gasteiger partial charge in [0, 0.05) is 40.4 Å². The number of carbonyl (C=O) groups is 1. The molecule has 9 nitrogen and oxygen atoms in total. The number of aromatic nitrogens is 5. The Labute approximate surface area is 215 Å². The molecule has 0 radical (unpaired) electrons. The van der Waals surface area contributed by atoms with Crippen molar-refractivity contribution in [2.45, 2.75) is 5.92 Å². The van der Waals surface area contributed by atoms with Crippen molar-refractivity contribution in [3.63, 3.8) is 0 Å². The van der Waals surface area contributed by atoms with Crippen LogP contribution in [-0.4, -0.2) is 56.8 Å². The van der Waals surface area contributed by atoms with Crippen molar-refractivity contribution < 1.29 is 13.9 Å². The fourth-order valence-corrected chi connectivity index (χ4v) is 5.07. The minimum absolute atomic E-state index is 0.0723. The number of nitrogens with zero attached hydrogens (tertiary/aromatic N) is 6. The Balaban J connectivity index is 1.49. The van der Waals surface area contributed by atoms with E-state index in [2.05, 4.69) is 25.1 Å². The number of hydrogen-bond donors (Lipinski definition) is 1. The number of anilines is 1. The number of primary amides is 1. The molecular weight excluding hydrogens is 497 g/mol. The molecule has 0 spiro atoms. The molecule has 1 atom stereocenters. The standard InChI is InChI=1S/C26H21ClFN7O2/c27-19-12-20(28)18(11-17(19)24(26(29)36)22-2-1-3-23-33-32-14-35(22)23)25-16-5-4-15(10-21(16)30-13-31-25)34-6-8-37-9-7-34/h1-5,10-14,24H,6-9H2,(H2,29,36). The molecule has 11 heteroatoms. The summed E-state index contributed by atoms with van der Waals surface area (Å²) in [6, 6.07) is 13.8. The second-order valence-electron chi connectivity index (χ2n) is 8.72. The number of rotatable bonds is 5. The highest BCUT2D eigenvalue weighted by Crippen LogP contribution is 2.37. The van der Waals surface area contributed by atoms with Crippen molar-refractivity contribution in [1.29, 1.82) is 0 Å². The maximum Gasteiger partial charge on any atom is 0.231 e. The lowest BCUT2D eigenvalue weighted by atomic mass is 9.91. The highest BCUT2D eigenvalue weighted by molar-refractivity contribution is 6.32. The van der Waals surface area contributed by atoms with Crippen LogP contribution in [0.15, 0.2) is 61.2 Å². The third kappa shape index (κ3) is 4.13. The minimum Gasteiger partial charge on any atom is -0.378 e. The lowest BCUT2D eigenvalue weighted by molar-refractivity contribution is -0.118. The van der Waals surface area contributed by atoms with Crippen LogP contribution in [0.4, 0.5) is 10.1 Å². The number of benzene rings is 2. The summed E-state index contributed by atoms with van der Waals surface area (Å²) in [5, 5.41) is 8.69. The molecule has 5 aromatic rings. The van der Waals surface area contributed by atoms with Gasteiger partial charge in [0.25, 0.3) is 0 Å². The van der Waals surface area contributed by atoms with E-state index in [1.54, 1.807) is 22.6 Å². The van der Waals surface area contributed by atoms with E-state index in [4.69, 9.17) is 22.1 Å². The molecule has 186 valence electrons. The van der Waals surface area contributed by atoms with Gasteiger partial charge in [-0.3, -0.25) is 9.20 Å². The van der Waals surface area contributed by atoms with Crippen molar-refractivity contribution in [2.75, 3.05) is 31.2 Å². The van der Waals surface area contributed by atoms with Crippen molar-refractivity contribution in [3.05, 3.63) is 83.3 Å². The maximum atomic E-state index is 15.4. The number of hydrogen-bond acceptors (Lipinski definition) is 7. The van der Waals surface area contributed by atoms with Gasteiger partial charge >= 0.3 is 0 Å². The molecular formula is C26H21ClFN7O2. The lowest BCUT2D eigenvalue weighted by Crippen LogP contribution is -2.36. The molecule has 6 rings (SSSR count). The fraction of sp³-hybridized carbons (Fsp3) is 0.192. The molecule has 1 aliphatic rings. The van der Waals surface area contributed by atoms with E-state index >= 15 is 4.39 Å². The molecule has 0 bridgehead atoms. The van der Waals surface area contributed by atoms with E-state index in [0.29, 0.717) is 46.7 Å². The number of fused-ring (bicyclic) bond motifs is 2. The van der Waals surface area contributed by atoms with Crippen molar-refractivity contribution in [3.8, 4) is 11.3 Å². The molecule has 4 heterocycles. The molecule has 1 amide bonds. The molecule has 2 N–H and O–H groups in total. The lowest BCUT2D eigenvalue weighted by Gasteiger charge is -2.29. The molecule has 2 aromatic carbocycles. The summed E-state index contributed by atoms with van der Waals surface area (Å²) in [7, 11) is 0. The number of morpholine rings is 1. The third-order valence-corrected chi connectivity index (χ3v) is 6.92. The van der Waals surface area contributed by atoms with E-state index in [0.717, 1.165) is 18.8 Å². The quantitative estimate of drug-likeness (QED) is 0.379. The topological polar surface area (TPSA) is 112 Å². The van der Waals surface area contributed by atoms with Gasteiger partial charge in [-0.2, -0.15) is 0 Å². The number of halogens is 2. The number of ether oxygens (including phenoxy) is 1. The molecule has 37 heavy (non-hydrogen) atoms.